The fourth-order valence-corrected chi connectivity index (χ4v) is 23.8. The Balaban J connectivity index is 0.000000136. The van der Waals surface area contributed by atoms with E-state index < -0.39 is 6.04 Å². The molecule has 21 unspecified atom stereocenters. The smallest absolute Gasteiger partial charge is 0.339 e. The molecule has 0 bridgehead atoms. The first-order valence-electron chi connectivity index (χ1n) is 35.6. The van der Waals surface area contributed by atoms with Gasteiger partial charge in [0.2, 0.25) is 5.91 Å². The summed E-state index contributed by atoms with van der Waals surface area (Å²) in [4.78, 5) is 92.7. The molecular formula is C75H113N3O10. The molecule has 88 heavy (non-hydrogen) atoms. The molecule has 13 aliphatic rings. The van der Waals surface area contributed by atoms with E-state index in [1.807, 2.05) is 4.90 Å². The Kier molecular flexibility index (Phi) is 19.0. The van der Waals surface area contributed by atoms with Crippen LogP contribution in [0.3, 0.4) is 0 Å². The van der Waals surface area contributed by atoms with Gasteiger partial charge in [0.25, 0.3) is 0 Å². The van der Waals surface area contributed by atoms with E-state index in [1.54, 1.807) is 31.5 Å². The fraction of sp³-hybridized carbons (Fsp3) is 0.840. The van der Waals surface area contributed by atoms with Gasteiger partial charge in [-0.2, -0.15) is 0 Å². The molecule has 0 aromatic carbocycles. The number of likely N-dealkylation sites (tertiary alicyclic amines) is 1. The minimum absolute atomic E-state index is 0. The van der Waals surface area contributed by atoms with Gasteiger partial charge >= 0.3 is 17.9 Å². The quantitative estimate of drug-likeness (QED) is 0.192. The number of nitrogens with two attached hydrogens (primary N) is 1. The first kappa shape index (κ1) is 65.5. The topological polar surface area (TPSA) is 189 Å². The number of carbonyl (C=O) groups is 7. The molecule has 488 valence electrons. The summed E-state index contributed by atoms with van der Waals surface area (Å²) in [6, 6.07) is 3.02. The number of carbonyl (C=O) groups excluding carboxylic acids is 7. The molecule has 13 nitrogen and oxygen atoms in total. The van der Waals surface area contributed by atoms with Crippen molar-refractivity contribution in [2.45, 2.75) is 279 Å². The van der Waals surface area contributed by atoms with Crippen LogP contribution in [0.25, 0.3) is 0 Å². The van der Waals surface area contributed by atoms with Crippen molar-refractivity contribution in [2.24, 2.45) is 109 Å². The number of nitrogens with zero attached hydrogens (tertiary/aromatic N) is 2. The van der Waals surface area contributed by atoms with Gasteiger partial charge in [0, 0.05) is 67.4 Å². The SMILES string of the molecule is C.CC12CCC3C(CCC4CC(OC(=O)CCC(=O)N5CCCC5)CCC43C)C1CCC2=O.CC12CCC3C(CCC4CC(OC(=O)c5cccnc5)CCC43C)C1CCC2=O.C[C@@H](N)C(=O)OC1CCC2(C)C(CCC3C4CCC(=O)C4(C)CCC32)C1. The molecule has 14 rings (SSSR count). The lowest BCUT2D eigenvalue weighted by molar-refractivity contribution is -0.163. The highest BCUT2D eigenvalue weighted by Crippen LogP contribution is 2.69. The number of aromatic nitrogens is 1. The van der Waals surface area contributed by atoms with Gasteiger partial charge in [0.15, 0.2) is 0 Å². The first-order chi connectivity index (χ1) is 41.5. The molecular weight excluding hydrogens is 1100 g/mol. The summed E-state index contributed by atoms with van der Waals surface area (Å²) in [5, 5.41) is 0. The Morgan fingerprint density at radius 3 is 1.34 bits per heavy atom. The molecule has 1 amide bonds. The summed E-state index contributed by atoms with van der Waals surface area (Å²) < 4.78 is 17.4. The molecule has 1 aromatic rings. The minimum atomic E-state index is -0.532. The molecule has 13 heteroatoms. The molecule has 2 heterocycles. The van der Waals surface area contributed by atoms with Gasteiger partial charge in [-0.15, -0.1) is 0 Å². The third-order valence-corrected chi connectivity index (χ3v) is 29.1. The second-order valence-electron chi connectivity index (χ2n) is 32.9. The molecule has 12 aliphatic carbocycles. The monoisotopic (exact) mass is 1220 g/mol. The van der Waals surface area contributed by atoms with Crippen molar-refractivity contribution in [1.29, 1.82) is 0 Å². The van der Waals surface area contributed by atoms with Crippen LogP contribution >= 0.6 is 0 Å². The standard InChI is InChI=1S/C27H41NO4.C25H33NO3.C22H35NO3.CH4/c1-26-13-11-19(32-25(31)10-9-24(30)28-15-3-4-16-28)17-18(26)5-6-20-21-7-8-23(29)27(21,2)14-12-22(20)26;1-24-11-9-18(29-23(28)16-4-3-13-26-15-16)14-17(24)5-6-19-20-7-8-22(27)25(20,2)12-10-21(19)24;1-13(23)20(25)26-15-8-10-21(2)14(12-15)4-5-16-17-6-7-19(24)22(17,3)11-9-18(16)21;/h18-22H,3-17H2,1-2H3;3-4,13,15,17-21H,5-12,14H2,1-2H3;13-18H,4-12,23H2,1-3H3;1H4/t;;13-,14?,15?,16?,17?,18?,21?,22?;/m..1./s1. The van der Waals surface area contributed by atoms with E-state index in [4.69, 9.17) is 19.9 Å². The Bertz CT molecular complexity index is 2760. The average Bonchev–Trinajstić information content (AvgIpc) is 1.28. The maximum Gasteiger partial charge on any atom is 0.339 e. The number of hydrogen-bond donors (Lipinski definition) is 1. The molecule has 1 aromatic heterocycles. The molecule has 1 saturated heterocycles. The molecule has 22 atom stereocenters. The predicted molar refractivity (Wildman–Crippen MR) is 339 cm³/mol. The van der Waals surface area contributed by atoms with Gasteiger partial charge in [0.1, 0.15) is 41.7 Å². The lowest BCUT2D eigenvalue weighted by Crippen LogP contribution is -2.54. The zero-order chi connectivity index (χ0) is 61.4. The number of amides is 1. The number of Topliss-reactive ketones (excluding diaryl/α,β-unsaturated/α-hetero) is 3. The van der Waals surface area contributed by atoms with E-state index >= 15 is 0 Å². The lowest BCUT2D eigenvalue weighted by Gasteiger charge is -2.60. The average molecular weight is 1220 g/mol. The van der Waals surface area contributed by atoms with Crippen molar-refractivity contribution in [1.82, 2.24) is 9.88 Å². The molecule has 0 spiro atoms. The van der Waals surface area contributed by atoms with Gasteiger partial charge in [-0.05, 0) is 273 Å². The number of ether oxygens (including phenoxy) is 3. The van der Waals surface area contributed by atoms with Crippen LogP contribution in [-0.4, -0.2) is 88.5 Å². The fourth-order valence-electron chi connectivity index (χ4n) is 23.8. The van der Waals surface area contributed by atoms with E-state index in [0.717, 1.165) is 171 Å². The third kappa shape index (κ3) is 11.7. The van der Waals surface area contributed by atoms with Crippen molar-refractivity contribution < 1.29 is 47.8 Å². The summed E-state index contributed by atoms with van der Waals surface area (Å²) >= 11 is 0. The van der Waals surface area contributed by atoms with Crippen LogP contribution in [0.15, 0.2) is 24.5 Å². The van der Waals surface area contributed by atoms with Gasteiger partial charge in [-0.3, -0.25) is 33.8 Å². The van der Waals surface area contributed by atoms with Gasteiger partial charge in [-0.25, -0.2) is 4.79 Å². The summed E-state index contributed by atoms with van der Waals surface area (Å²) in [6.07, 6.45) is 35.3. The van der Waals surface area contributed by atoms with E-state index in [2.05, 4.69) is 46.5 Å². The van der Waals surface area contributed by atoms with Crippen LogP contribution in [0.4, 0.5) is 0 Å². The van der Waals surface area contributed by atoms with Crippen molar-refractivity contribution in [3.05, 3.63) is 30.1 Å². The Hall–Kier alpha value is -4.00. The second-order valence-corrected chi connectivity index (χ2v) is 32.9. The summed E-state index contributed by atoms with van der Waals surface area (Å²) in [5.74, 6) is 9.03. The highest BCUT2D eigenvalue weighted by atomic mass is 16.6. The number of rotatable bonds is 8. The zero-order valence-corrected chi connectivity index (χ0v) is 54.4. The lowest BCUT2D eigenvalue weighted by atomic mass is 9.45. The van der Waals surface area contributed by atoms with Gasteiger partial charge in [-0.1, -0.05) is 49.0 Å². The van der Waals surface area contributed by atoms with Crippen molar-refractivity contribution >= 4 is 41.2 Å². The van der Waals surface area contributed by atoms with E-state index in [1.165, 1.54) is 57.8 Å². The Morgan fingerprint density at radius 1 is 0.534 bits per heavy atom. The van der Waals surface area contributed by atoms with Crippen LogP contribution in [0.1, 0.15) is 265 Å². The summed E-state index contributed by atoms with van der Waals surface area (Å²) in [7, 11) is 0. The van der Waals surface area contributed by atoms with Crippen LogP contribution in [0.2, 0.25) is 0 Å². The number of pyridine rings is 1. The van der Waals surface area contributed by atoms with Crippen molar-refractivity contribution in [3.8, 4) is 0 Å². The molecule has 12 saturated carbocycles. The van der Waals surface area contributed by atoms with E-state index in [9.17, 15) is 33.6 Å². The Morgan fingerprint density at radius 2 is 0.943 bits per heavy atom. The summed E-state index contributed by atoms with van der Waals surface area (Å²) in [5.41, 5.74) is 7.11. The molecule has 2 N–H and O–H groups in total. The van der Waals surface area contributed by atoms with Gasteiger partial charge < -0.3 is 24.8 Å². The number of ketones is 3. The third-order valence-electron chi connectivity index (χ3n) is 29.1. The number of fused-ring (bicyclic) bond motifs is 15. The molecule has 13 fully saturated rings. The normalized spacial score (nSPS) is 44.7. The van der Waals surface area contributed by atoms with Crippen molar-refractivity contribution in [2.75, 3.05) is 13.1 Å². The zero-order valence-electron chi connectivity index (χ0n) is 54.4. The van der Waals surface area contributed by atoms with Crippen LogP contribution in [-0.2, 0) is 43.0 Å². The second kappa shape index (κ2) is 25.5. The first-order valence-corrected chi connectivity index (χ1v) is 35.6. The largest absolute Gasteiger partial charge is 0.462 e. The number of esters is 3. The molecule has 0 radical (unpaired) electrons. The predicted octanol–water partition coefficient (Wildman–Crippen LogP) is 14.6. The van der Waals surface area contributed by atoms with Crippen LogP contribution < -0.4 is 5.73 Å². The van der Waals surface area contributed by atoms with E-state index in [0.29, 0.717) is 80.6 Å². The highest BCUT2D eigenvalue weighted by Gasteiger charge is 2.64. The van der Waals surface area contributed by atoms with E-state index in [-0.39, 0.29) is 78.6 Å². The number of hydrogen-bond acceptors (Lipinski definition) is 12. The van der Waals surface area contributed by atoms with Crippen LogP contribution in [0.5, 0.6) is 0 Å². The minimum Gasteiger partial charge on any atom is -0.462 e. The summed E-state index contributed by atoms with van der Waals surface area (Å²) in [6.45, 7) is 17.6. The van der Waals surface area contributed by atoms with Crippen LogP contribution in [0, 0.1) is 104 Å². The molecule has 1 aliphatic heterocycles. The maximum absolute atomic E-state index is 12.6. The van der Waals surface area contributed by atoms with Gasteiger partial charge in [0.05, 0.1) is 12.0 Å². The Labute approximate surface area is 528 Å². The highest BCUT2D eigenvalue weighted by molar-refractivity contribution is 5.89. The van der Waals surface area contributed by atoms with Crippen molar-refractivity contribution in [3.63, 3.8) is 0 Å². The maximum atomic E-state index is 12.6.